The number of carbonyl (C=O) groups is 3. The van der Waals surface area contributed by atoms with Gasteiger partial charge in [-0.2, -0.15) is 0 Å². The molecule has 1 atom stereocenters. The number of fused-ring (bicyclic) bond motifs is 1. The first-order chi connectivity index (χ1) is 20.2. The number of H-pyrrole nitrogens is 1. The fourth-order valence-electron chi connectivity index (χ4n) is 5.21. The topological polar surface area (TPSA) is 135 Å². The predicted octanol–water partition coefficient (Wildman–Crippen LogP) is 4.68. The first-order valence-electron chi connectivity index (χ1n) is 13.7. The number of benzene rings is 1. The zero-order valence-corrected chi connectivity index (χ0v) is 24.1. The van der Waals surface area contributed by atoms with Crippen molar-refractivity contribution in [2.45, 2.75) is 25.8 Å². The molecule has 3 amide bonds. The maximum absolute atomic E-state index is 13.9. The molecule has 5 rings (SSSR count). The van der Waals surface area contributed by atoms with Crippen molar-refractivity contribution in [3.63, 3.8) is 0 Å². The number of anilines is 2. The van der Waals surface area contributed by atoms with Crippen LogP contribution in [0, 0.1) is 0 Å². The Labute approximate surface area is 248 Å². The number of nitrogens with one attached hydrogen (secondary N) is 2. The molecule has 0 aliphatic carbocycles. The van der Waals surface area contributed by atoms with Gasteiger partial charge in [0.05, 0.1) is 28.2 Å². The summed E-state index contributed by atoms with van der Waals surface area (Å²) >= 11 is 6.09. The number of carbonyl (C=O) groups excluding carboxylic acids is 2. The van der Waals surface area contributed by atoms with Crippen molar-refractivity contribution in [3.05, 3.63) is 83.4 Å². The Kier molecular flexibility index (Phi) is 8.58. The first-order valence-corrected chi connectivity index (χ1v) is 14.1. The van der Waals surface area contributed by atoms with Crippen molar-refractivity contribution in [1.82, 2.24) is 24.8 Å². The van der Waals surface area contributed by atoms with E-state index in [2.05, 4.69) is 25.2 Å². The molecule has 3 aromatic heterocycles. The molecule has 42 heavy (non-hydrogen) atoms. The number of hydrogen-bond donors (Lipinski definition) is 3. The molecule has 218 valence electrons. The quantitative estimate of drug-likeness (QED) is 0.271. The van der Waals surface area contributed by atoms with Crippen LogP contribution in [-0.2, 0) is 4.79 Å². The molecular weight excluding hydrogens is 558 g/mol. The largest absolute Gasteiger partial charge is 0.465 e. The fraction of sp³-hybridized carbons (Fsp3) is 0.300. The Balaban J connectivity index is 1.34. The lowest BCUT2D eigenvalue weighted by Gasteiger charge is -2.38. The van der Waals surface area contributed by atoms with Gasteiger partial charge in [-0.15, -0.1) is 0 Å². The van der Waals surface area contributed by atoms with E-state index >= 15 is 0 Å². The van der Waals surface area contributed by atoms with E-state index in [-0.39, 0.29) is 24.4 Å². The van der Waals surface area contributed by atoms with Crippen LogP contribution in [0.1, 0.15) is 35.7 Å². The highest BCUT2D eigenvalue weighted by molar-refractivity contribution is 6.30. The third-order valence-electron chi connectivity index (χ3n) is 7.47. The summed E-state index contributed by atoms with van der Waals surface area (Å²) in [5.74, 6) is -1.08. The number of rotatable bonds is 8. The van der Waals surface area contributed by atoms with Crippen LogP contribution in [0.4, 0.5) is 16.2 Å². The van der Waals surface area contributed by atoms with Gasteiger partial charge < -0.3 is 30.1 Å². The van der Waals surface area contributed by atoms with Gasteiger partial charge in [0.15, 0.2) is 0 Å². The summed E-state index contributed by atoms with van der Waals surface area (Å²) in [4.78, 5) is 55.5. The number of halogens is 1. The van der Waals surface area contributed by atoms with Gasteiger partial charge in [-0.1, -0.05) is 23.7 Å². The van der Waals surface area contributed by atoms with Gasteiger partial charge in [0, 0.05) is 68.6 Å². The zero-order valence-electron chi connectivity index (χ0n) is 23.3. The maximum atomic E-state index is 13.9. The molecule has 1 saturated heterocycles. The zero-order chi connectivity index (χ0) is 29.8. The Morgan fingerprint density at radius 2 is 1.81 bits per heavy atom. The molecule has 0 saturated carbocycles. The second-order valence-corrected chi connectivity index (χ2v) is 10.8. The molecule has 1 aliphatic rings. The molecule has 0 radical (unpaired) electrons. The first kappa shape index (κ1) is 28.9. The highest BCUT2D eigenvalue weighted by Gasteiger charge is 2.33. The van der Waals surface area contributed by atoms with Crippen LogP contribution >= 0.6 is 11.6 Å². The van der Waals surface area contributed by atoms with Crippen molar-refractivity contribution < 1.29 is 19.5 Å². The third kappa shape index (κ3) is 6.15. The van der Waals surface area contributed by atoms with Crippen molar-refractivity contribution in [2.75, 3.05) is 42.9 Å². The van der Waals surface area contributed by atoms with E-state index in [4.69, 9.17) is 11.6 Å². The number of piperazine rings is 1. The summed E-state index contributed by atoms with van der Waals surface area (Å²) in [5, 5.41) is 14.1. The Morgan fingerprint density at radius 1 is 1.07 bits per heavy atom. The lowest BCUT2D eigenvalue weighted by Crippen LogP contribution is -2.52. The Morgan fingerprint density at radius 3 is 2.45 bits per heavy atom. The molecule has 12 heteroatoms. The number of aromatic nitrogens is 3. The van der Waals surface area contributed by atoms with Crippen molar-refractivity contribution in [2.24, 2.45) is 0 Å². The molecule has 4 aromatic rings. The van der Waals surface area contributed by atoms with Crippen LogP contribution in [0.25, 0.3) is 11.0 Å². The number of pyridine rings is 2. The summed E-state index contributed by atoms with van der Waals surface area (Å²) in [6, 6.07) is 12.0. The highest BCUT2D eigenvalue weighted by Crippen LogP contribution is 2.33. The molecule has 1 aliphatic heterocycles. The second kappa shape index (κ2) is 12.5. The average molecular weight is 590 g/mol. The Bertz CT molecular complexity index is 1570. The number of nitrogens with zero attached hydrogens (tertiary/aromatic N) is 5. The predicted molar refractivity (Wildman–Crippen MR) is 161 cm³/mol. The average Bonchev–Trinajstić information content (AvgIpc) is 3.41. The van der Waals surface area contributed by atoms with E-state index in [0.29, 0.717) is 48.1 Å². The summed E-state index contributed by atoms with van der Waals surface area (Å²) < 4.78 is 0. The maximum Gasteiger partial charge on any atom is 0.407 e. The van der Waals surface area contributed by atoms with Crippen LogP contribution < -0.4 is 10.2 Å². The van der Waals surface area contributed by atoms with E-state index in [9.17, 15) is 19.5 Å². The fourth-order valence-corrected chi connectivity index (χ4v) is 5.33. The van der Waals surface area contributed by atoms with Gasteiger partial charge >= 0.3 is 6.09 Å². The third-order valence-corrected chi connectivity index (χ3v) is 7.73. The number of aromatic amines is 1. The smallest absolute Gasteiger partial charge is 0.407 e. The van der Waals surface area contributed by atoms with Gasteiger partial charge in [-0.3, -0.25) is 14.6 Å². The summed E-state index contributed by atoms with van der Waals surface area (Å²) in [6.45, 7) is 5.62. The van der Waals surface area contributed by atoms with E-state index in [1.165, 1.54) is 11.1 Å². The lowest BCUT2D eigenvalue weighted by molar-refractivity contribution is -0.133. The van der Waals surface area contributed by atoms with E-state index in [0.717, 1.165) is 16.6 Å². The highest BCUT2D eigenvalue weighted by atomic mass is 35.5. The van der Waals surface area contributed by atoms with Crippen LogP contribution in [0.3, 0.4) is 0 Å². The van der Waals surface area contributed by atoms with Gasteiger partial charge in [-0.25, -0.2) is 9.78 Å². The molecule has 0 bridgehead atoms. The van der Waals surface area contributed by atoms with Crippen molar-refractivity contribution in [1.29, 1.82) is 0 Å². The van der Waals surface area contributed by atoms with Gasteiger partial charge in [0.2, 0.25) is 5.91 Å². The molecule has 4 heterocycles. The molecule has 0 spiro atoms. The second-order valence-electron chi connectivity index (χ2n) is 10.4. The van der Waals surface area contributed by atoms with Crippen LogP contribution in [-0.4, -0.2) is 86.5 Å². The van der Waals surface area contributed by atoms with Gasteiger partial charge in [0.1, 0.15) is 5.65 Å². The van der Waals surface area contributed by atoms with Gasteiger partial charge in [0.25, 0.3) is 5.91 Å². The minimum Gasteiger partial charge on any atom is -0.465 e. The SMILES string of the molecule is CC(C)N(CC(C(=O)N1CCN(c2ccnc3[nH]cc(NC(=O)c4cccnc4)c23)CC1)c1ccc(Cl)cc1)C(=O)O. The molecule has 1 unspecified atom stereocenters. The molecule has 1 aromatic carbocycles. The lowest BCUT2D eigenvalue weighted by atomic mass is 9.96. The van der Waals surface area contributed by atoms with Crippen LogP contribution in [0.15, 0.2) is 67.3 Å². The van der Waals surface area contributed by atoms with Crippen molar-refractivity contribution in [3.8, 4) is 0 Å². The molecule has 11 nitrogen and oxygen atoms in total. The normalized spacial score (nSPS) is 14.2. The van der Waals surface area contributed by atoms with E-state index in [1.54, 1.807) is 73.7 Å². The van der Waals surface area contributed by atoms with Crippen molar-refractivity contribution >= 4 is 51.9 Å². The minimum atomic E-state index is -1.07. The van der Waals surface area contributed by atoms with E-state index in [1.807, 2.05) is 6.07 Å². The molecular formula is C30H32ClN7O4. The summed E-state index contributed by atoms with van der Waals surface area (Å²) in [5.41, 5.74) is 3.29. The summed E-state index contributed by atoms with van der Waals surface area (Å²) in [7, 11) is 0. The van der Waals surface area contributed by atoms with Crippen LogP contribution in [0.5, 0.6) is 0 Å². The van der Waals surface area contributed by atoms with E-state index < -0.39 is 12.0 Å². The number of hydrogen-bond acceptors (Lipinski definition) is 6. The monoisotopic (exact) mass is 589 g/mol. The standard InChI is InChI=1S/C30H32ClN7O4/c1-19(2)38(30(41)42)18-23(20-5-7-22(31)8-6-20)29(40)37-14-12-36(13-15-37)25-9-11-33-27-26(25)24(17-34-27)35-28(39)21-4-3-10-32-16-21/h3-11,16-17,19,23H,12-15,18H2,1-2H3,(H,33,34)(H,35,39)(H,41,42). The number of carboxylic acid groups (broad SMARTS) is 1. The summed E-state index contributed by atoms with van der Waals surface area (Å²) in [6.07, 6.45) is 5.48. The molecule has 3 N–H and O–H groups in total. The van der Waals surface area contributed by atoms with Gasteiger partial charge in [-0.05, 0) is 49.7 Å². The number of amides is 3. The molecule has 1 fully saturated rings. The Hall–Kier alpha value is -4.64. The van der Waals surface area contributed by atoms with Crippen LogP contribution in [0.2, 0.25) is 5.02 Å². The minimum absolute atomic E-state index is 0.0437.